The molecule has 10 atom stereocenters. The third kappa shape index (κ3) is 6.03. The van der Waals surface area contributed by atoms with E-state index in [4.69, 9.17) is 18.9 Å². The van der Waals surface area contributed by atoms with Crippen LogP contribution in [-0.2, 0) is 19.0 Å². The highest BCUT2D eigenvalue weighted by atomic mass is 16.7. The Labute approximate surface area is 198 Å². The number of nitro benzene ring substituents is 1. The molecule has 1 aromatic carbocycles. The summed E-state index contributed by atoms with van der Waals surface area (Å²) in [5.41, 5.74) is -0.193. The molecule has 0 aliphatic carbocycles. The number of non-ortho nitro benzene ring substituents is 1. The Hall–Kier alpha value is -2.47. The topological polar surface area (TPSA) is 231 Å². The maximum absolute atomic E-state index is 11.8. The van der Waals surface area contributed by atoms with Crippen LogP contribution in [0.1, 0.15) is 6.92 Å². The van der Waals surface area contributed by atoms with Gasteiger partial charge in [0.15, 0.2) is 6.29 Å². The fraction of sp³-hybridized carbons (Fsp3) is 0.650. The number of aliphatic hydroxyl groups excluding tert-OH is 6. The summed E-state index contributed by atoms with van der Waals surface area (Å²) in [6, 6.07) is 3.64. The lowest BCUT2D eigenvalue weighted by molar-refractivity contribution is -0.384. The highest BCUT2D eigenvalue weighted by molar-refractivity contribution is 5.73. The predicted octanol–water partition coefficient (Wildman–Crippen LogP) is -3.26. The Morgan fingerprint density at radius 2 is 1.57 bits per heavy atom. The monoisotopic (exact) mass is 504 g/mol. The van der Waals surface area contributed by atoms with Gasteiger partial charge in [0.1, 0.15) is 54.5 Å². The number of benzene rings is 1. The van der Waals surface area contributed by atoms with Gasteiger partial charge >= 0.3 is 0 Å². The summed E-state index contributed by atoms with van der Waals surface area (Å²) in [4.78, 5) is 22.0. The molecule has 0 unspecified atom stereocenters. The summed E-state index contributed by atoms with van der Waals surface area (Å²) >= 11 is 0. The lowest BCUT2D eigenvalue weighted by Crippen LogP contribution is -2.68. The molecular formula is C20H28N2O13. The molecule has 35 heavy (non-hydrogen) atoms. The third-order valence-electron chi connectivity index (χ3n) is 5.66. The van der Waals surface area contributed by atoms with Crippen LogP contribution in [0.15, 0.2) is 24.3 Å². The van der Waals surface area contributed by atoms with Crippen molar-refractivity contribution in [3.8, 4) is 5.75 Å². The van der Waals surface area contributed by atoms with E-state index >= 15 is 0 Å². The first kappa shape index (κ1) is 27.1. The van der Waals surface area contributed by atoms with Crippen LogP contribution in [0.3, 0.4) is 0 Å². The zero-order valence-electron chi connectivity index (χ0n) is 18.5. The Morgan fingerprint density at radius 3 is 2.11 bits per heavy atom. The number of nitro groups is 1. The van der Waals surface area contributed by atoms with Gasteiger partial charge in [-0.05, 0) is 12.1 Å². The van der Waals surface area contributed by atoms with Crippen molar-refractivity contribution in [2.75, 3.05) is 13.2 Å². The van der Waals surface area contributed by atoms with Crippen LogP contribution >= 0.6 is 0 Å². The van der Waals surface area contributed by atoms with E-state index in [0.29, 0.717) is 0 Å². The molecule has 2 aliphatic rings. The second kappa shape index (κ2) is 11.5. The van der Waals surface area contributed by atoms with Gasteiger partial charge in [0.25, 0.3) is 5.69 Å². The summed E-state index contributed by atoms with van der Waals surface area (Å²) in [6.07, 6.45) is -13.8. The van der Waals surface area contributed by atoms with Gasteiger partial charge in [-0.15, -0.1) is 0 Å². The molecule has 1 aromatic rings. The van der Waals surface area contributed by atoms with Crippen molar-refractivity contribution in [1.29, 1.82) is 0 Å². The summed E-state index contributed by atoms with van der Waals surface area (Å²) < 4.78 is 22.2. The van der Waals surface area contributed by atoms with Gasteiger partial charge in [0, 0.05) is 19.1 Å². The van der Waals surface area contributed by atoms with Gasteiger partial charge in [-0.1, -0.05) is 0 Å². The van der Waals surface area contributed by atoms with E-state index < -0.39 is 85.4 Å². The van der Waals surface area contributed by atoms with E-state index in [1.165, 1.54) is 31.2 Å². The van der Waals surface area contributed by atoms with E-state index in [2.05, 4.69) is 5.32 Å². The minimum Gasteiger partial charge on any atom is -0.463 e. The van der Waals surface area contributed by atoms with Crippen LogP contribution < -0.4 is 10.1 Å². The molecule has 2 aliphatic heterocycles. The van der Waals surface area contributed by atoms with Crippen molar-refractivity contribution in [3.63, 3.8) is 0 Å². The first-order valence-electron chi connectivity index (χ1n) is 10.7. The molecular weight excluding hydrogens is 476 g/mol. The first-order chi connectivity index (χ1) is 16.6. The Bertz CT molecular complexity index is 869. The van der Waals surface area contributed by atoms with Crippen LogP contribution in [-0.4, -0.2) is 116 Å². The third-order valence-corrected chi connectivity index (χ3v) is 5.66. The van der Waals surface area contributed by atoms with Crippen LogP contribution in [0.2, 0.25) is 0 Å². The number of hydrogen-bond donors (Lipinski definition) is 7. The quantitative estimate of drug-likeness (QED) is 0.136. The van der Waals surface area contributed by atoms with E-state index in [1.54, 1.807) is 0 Å². The number of nitrogens with zero attached hydrogens (tertiary/aromatic N) is 1. The maximum atomic E-state index is 11.8. The first-order valence-corrected chi connectivity index (χ1v) is 10.7. The lowest BCUT2D eigenvalue weighted by atomic mass is 9.95. The average molecular weight is 504 g/mol. The second-order valence-corrected chi connectivity index (χ2v) is 8.11. The van der Waals surface area contributed by atoms with Gasteiger partial charge < -0.3 is 54.9 Å². The van der Waals surface area contributed by atoms with Crippen molar-refractivity contribution in [1.82, 2.24) is 5.32 Å². The molecule has 3 rings (SSSR count). The Balaban J connectivity index is 1.81. The number of ether oxygens (including phenoxy) is 4. The van der Waals surface area contributed by atoms with Gasteiger partial charge in [-0.3, -0.25) is 14.9 Å². The van der Waals surface area contributed by atoms with Crippen molar-refractivity contribution in [3.05, 3.63) is 34.4 Å². The number of nitrogens with one attached hydrogen (secondary N) is 1. The molecule has 2 fully saturated rings. The van der Waals surface area contributed by atoms with Crippen molar-refractivity contribution >= 4 is 11.6 Å². The molecule has 0 radical (unpaired) electrons. The average Bonchev–Trinajstić information content (AvgIpc) is 2.83. The van der Waals surface area contributed by atoms with E-state index in [1.807, 2.05) is 0 Å². The SMILES string of the molecule is CC(=O)N[C@H]1[C@@H](Oc2ccc([N+](=O)[O-])cc2)O[C@H](CO)[C@@H](O[C@@H]2O[C@H](CO)[C@H](O)[C@H](O)[C@H]2O)[C@@H]1O. The standard InChI is InChI=1S/C20H28N2O13/c1-8(25)21-13-15(27)18(35-20-17(29)16(28)14(26)11(6-23)33-20)12(7-24)34-19(13)32-10-4-2-9(3-5-10)22(30)31/h2-5,11-20,23-24,26-29H,6-7H2,1H3,(H,21,25)/t11-,12-,13-,14+,15-,16+,17-,18-,19+,20+/m1/s1. The van der Waals surface area contributed by atoms with Gasteiger partial charge in [-0.2, -0.15) is 0 Å². The minimum absolute atomic E-state index is 0.105. The summed E-state index contributed by atoms with van der Waals surface area (Å²) in [7, 11) is 0. The number of amides is 1. The summed E-state index contributed by atoms with van der Waals surface area (Å²) in [6.45, 7) is -0.259. The molecule has 15 heteroatoms. The highest BCUT2D eigenvalue weighted by Gasteiger charge is 2.51. The van der Waals surface area contributed by atoms with Crippen molar-refractivity contribution in [2.45, 2.75) is 68.3 Å². The number of carbonyl (C=O) groups excluding carboxylic acids is 1. The van der Waals surface area contributed by atoms with E-state index in [9.17, 15) is 45.5 Å². The van der Waals surface area contributed by atoms with Crippen LogP contribution in [0, 0.1) is 10.1 Å². The summed E-state index contributed by atoms with van der Waals surface area (Å²) in [5.74, 6) is -0.475. The molecule has 0 bridgehead atoms. The molecule has 0 spiro atoms. The molecule has 196 valence electrons. The largest absolute Gasteiger partial charge is 0.463 e. The normalized spacial score (nSPS) is 37.5. The fourth-order valence-corrected chi connectivity index (χ4v) is 3.84. The van der Waals surface area contributed by atoms with Gasteiger partial charge in [0.2, 0.25) is 12.2 Å². The maximum Gasteiger partial charge on any atom is 0.269 e. The van der Waals surface area contributed by atoms with Crippen LogP contribution in [0.25, 0.3) is 0 Å². The van der Waals surface area contributed by atoms with Gasteiger partial charge in [0.05, 0.1) is 18.1 Å². The van der Waals surface area contributed by atoms with E-state index in [0.717, 1.165) is 0 Å². The Kier molecular flexibility index (Phi) is 8.92. The second-order valence-electron chi connectivity index (χ2n) is 8.11. The highest BCUT2D eigenvalue weighted by Crippen LogP contribution is 2.30. The molecule has 0 saturated carbocycles. The molecule has 15 nitrogen and oxygen atoms in total. The van der Waals surface area contributed by atoms with Crippen LogP contribution in [0.5, 0.6) is 5.75 Å². The number of carbonyl (C=O) groups is 1. The number of hydrogen-bond acceptors (Lipinski definition) is 13. The molecule has 2 saturated heterocycles. The minimum atomic E-state index is -1.78. The van der Waals surface area contributed by atoms with E-state index in [-0.39, 0.29) is 11.4 Å². The zero-order chi connectivity index (χ0) is 25.9. The fourth-order valence-electron chi connectivity index (χ4n) is 3.84. The zero-order valence-corrected chi connectivity index (χ0v) is 18.5. The van der Waals surface area contributed by atoms with Gasteiger partial charge in [-0.25, -0.2) is 0 Å². The Morgan fingerprint density at radius 1 is 0.971 bits per heavy atom. The molecule has 1 amide bonds. The van der Waals surface area contributed by atoms with Crippen molar-refractivity contribution < 1.29 is 59.3 Å². The van der Waals surface area contributed by atoms with Crippen molar-refractivity contribution in [2.24, 2.45) is 0 Å². The number of aliphatic hydroxyl groups is 6. The molecule has 2 heterocycles. The number of rotatable bonds is 8. The lowest BCUT2D eigenvalue weighted by Gasteiger charge is -2.47. The van der Waals surface area contributed by atoms with Crippen LogP contribution in [0.4, 0.5) is 5.69 Å². The molecule has 7 N–H and O–H groups in total. The summed E-state index contributed by atoms with van der Waals surface area (Å²) in [5, 5.41) is 73.7. The molecule has 0 aromatic heterocycles. The smallest absolute Gasteiger partial charge is 0.269 e. The predicted molar refractivity (Wildman–Crippen MR) is 112 cm³/mol.